The number of aromatic nitrogens is 5. The standard InChI is InChI=1S/C16H20N6OS/c1-12(16-19-15(20-23-16)14-6-4-8-24-14)22-7-3-2-5-13(22)9-21-11-17-10-18-21/h4,6,8,10-13H,2-3,5,7,9H2,1H3/t12-,13-/m0/s1. The first-order valence-electron chi connectivity index (χ1n) is 8.27. The van der Waals surface area contributed by atoms with Gasteiger partial charge in [0.2, 0.25) is 11.7 Å². The van der Waals surface area contributed by atoms with Gasteiger partial charge in [0.05, 0.1) is 17.5 Å². The lowest BCUT2D eigenvalue weighted by atomic mass is 10.00. The average Bonchev–Trinajstić information content (AvgIpc) is 3.35. The Kier molecular flexibility index (Phi) is 4.40. The van der Waals surface area contributed by atoms with Gasteiger partial charge >= 0.3 is 0 Å². The van der Waals surface area contributed by atoms with E-state index >= 15 is 0 Å². The van der Waals surface area contributed by atoms with Crippen LogP contribution in [0, 0.1) is 0 Å². The van der Waals surface area contributed by atoms with E-state index in [0.29, 0.717) is 17.8 Å². The van der Waals surface area contributed by atoms with Gasteiger partial charge in [-0.3, -0.25) is 9.58 Å². The molecule has 2 atom stereocenters. The number of piperidine rings is 1. The van der Waals surface area contributed by atoms with Crippen LogP contribution in [0.25, 0.3) is 10.7 Å². The maximum Gasteiger partial charge on any atom is 0.244 e. The maximum atomic E-state index is 5.56. The number of likely N-dealkylation sites (tertiary alicyclic amines) is 1. The minimum absolute atomic E-state index is 0.0973. The van der Waals surface area contributed by atoms with Crippen molar-refractivity contribution in [1.29, 1.82) is 0 Å². The van der Waals surface area contributed by atoms with Crippen molar-refractivity contribution in [2.24, 2.45) is 0 Å². The third-order valence-electron chi connectivity index (χ3n) is 4.58. The molecule has 1 aliphatic heterocycles. The van der Waals surface area contributed by atoms with Crippen molar-refractivity contribution in [1.82, 2.24) is 29.8 Å². The van der Waals surface area contributed by atoms with Crippen LogP contribution in [0.15, 0.2) is 34.7 Å². The number of hydrogen-bond donors (Lipinski definition) is 0. The summed E-state index contributed by atoms with van der Waals surface area (Å²) >= 11 is 1.62. The minimum atomic E-state index is 0.0973. The highest BCUT2D eigenvalue weighted by Gasteiger charge is 2.30. The van der Waals surface area contributed by atoms with Crippen LogP contribution in [0.3, 0.4) is 0 Å². The molecule has 3 aromatic heterocycles. The van der Waals surface area contributed by atoms with Crippen LogP contribution in [0.1, 0.15) is 38.1 Å². The van der Waals surface area contributed by atoms with Crippen LogP contribution in [0.2, 0.25) is 0 Å². The molecule has 4 rings (SSSR count). The highest BCUT2D eigenvalue weighted by Crippen LogP contribution is 2.30. The molecule has 1 fully saturated rings. The number of nitrogens with zero attached hydrogens (tertiary/aromatic N) is 6. The highest BCUT2D eigenvalue weighted by molar-refractivity contribution is 7.13. The van der Waals surface area contributed by atoms with Crippen LogP contribution >= 0.6 is 11.3 Å². The van der Waals surface area contributed by atoms with Crippen molar-refractivity contribution in [2.75, 3.05) is 6.54 Å². The number of thiophene rings is 1. The summed E-state index contributed by atoms with van der Waals surface area (Å²) in [5.74, 6) is 1.36. The number of hydrogen-bond acceptors (Lipinski definition) is 7. The first kappa shape index (κ1) is 15.5. The molecule has 0 N–H and O–H groups in total. The molecule has 4 heterocycles. The van der Waals surface area contributed by atoms with E-state index in [1.807, 2.05) is 22.2 Å². The normalized spacial score (nSPS) is 20.3. The Morgan fingerprint density at radius 3 is 3.17 bits per heavy atom. The third-order valence-corrected chi connectivity index (χ3v) is 5.44. The van der Waals surface area contributed by atoms with Crippen LogP contribution in [0.5, 0.6) is 0 Å². The monoisotopic (exact) mass is 344 g/mol. The lowest BCUT2D eigenvalue weighted by Gasteiger charge is -2.38. The topological polar surface area (TPSA) is 72.9 Å². The molecule has 3 aromatic rings. The van der Waals surface area contributed by atoms with Gasteiger partial charge in [0.1, 0.15) is 12.7 Å². The van der Waals surface area contributed by atoms with E-state index < -0.39 is 0 Å². The van der Waals surface area contributed by atoms with Gasteiger partial charge in [0.25, 0.3) is 0 Å². The van der Waals surface area contributed by atoms with Crippen LogP contribution in [0.4, 0.5) is 0 Å². The molecule has 0 saturated carbocycles. The van der Waals surface area contributed by atoms with E-state index in [1.165, 1.54) is 12.8 Å². The zero-order valence-electron chi connectivity index (χ0n) is 13.6. The molecule has 0 bridgehead atoms. The van der Waals surface area contributed by atoms with Gasteiger partial charge in [-0.1, -0.05) is 17.6 Å². The largest absolute Gasteiger partial charge is 0.337 e. The fourth-order valence-corrected chi connectivity index (χ4v) is 3.97. The smallest absolute Gasteiger partial charge is 0.244 e. The van der Waals surface area contributed by atoms with Gasteiger partial charge in [-0.15, -0.1) is 11.3 Å². The SMILES string of the molecule is C[C@@H](c1nc(-c2cccs2)no1)N1CCCC[C@H]1Cn1cncn1. The molecule has 7 nitrogen and oxygen atoms in total. The molecular formula is C16H20N6OS. The summed E-state index contributed by atoms with van der Waals surface area (Å²) in [6, 6.07) is 4.52. The van der Waals surface area contributed by atoms with E-state index in [-0.39, 0.29) is 6.04 Å². The van der Waals surface area contributed by atoms with Gasteiger partial charge in [0.15, 0.2) is 0 Å². The predicted octanol–water partition coefficient (Wildman–Crippen LogP) is 3.01. The van der Waals surface area contributed by atoms with Crippen molar-refractivity contribution in [3.8, 4) is 10.7 Å². The van der Waals surface area contributed by atoms with Crippen LogP contribution in [-0.4, -0.2) is 42.4 Å². The molecule has 0 spiro atoms. The van der Waals surface area contributed by atoms with E-state index in [4.69, 9.17) is 4.52 Å². The maximum absolute atomic E-state index is 5.56. The summed E-state index contributed by atoms with van der Waals surface area (Å²) in [6.07, 6.45) is 6.95. The number of rotatable bonds is 5. The second-order valence-electron chi connectivity index (χ2n) is 6.11. The Hall–Kier alpha value is -2.06. The summed E-state index contributed by atoms with van der Waals surface area (Å²) in [6.45, 7) is 4.03. The first-order valence-corrected chi connectivity index (χ1v) is 9.15. The van der Waals surface area contributed by atoms with Gasteiger partial charge in [-0.2, -0.15) is 10.1 Å². The quantitative estimate of drug-likeness (QED) is 0.708. The third kappa shape index (κ3) is 3.11. The molecule has 0 radical (unpaired) electrons. The summed E-state index contributed by atoms with van der Waals surface area (Å²) in [7, 11) is 0. The summed E-state index contributed by atoms with van der Waals surface area (Å²) < 4.78 is 7.46. The van der Waals surface area contributed by atoms with E-state index in [9.17, 15) is 0 Å². The van der Waals surface area contributed by atoms with Crippen LogP contribution in [-0.2, 0) is 6.54 Å². The minimum Gasteiger partial charge on any atom is -0.337 e. The van der Waals surface area contributed by atoms with Gasteiger partial charge in [-0.05, 0) is 37.8 Å². The van der Waals surface area contributed by atoms with Gasteiger partial charge < -0.3 is 4.52 Å². The zero-order chi connectivity index (χ0) is 16.4. The predicted molar refractivity (Wildman–Crippen MR) is 90.4 cm³/mol. The molecule has 126 valence electrons. The van der Waals surface area contributed by atoms with E-state index in [0.717, 1.165) is 24.4 Å². The summed E-state index contributed by atoms with van der Waals surface area (Å²) in [5.41, 5.74) is 0. The average molecular weight is 344 g/mol. The van der Waals surface area contributed by atoms with Gasteiger partial charge in [0, 0.05) is 6.04 Å². The Morgan fingerprint density at radius 2 is 2.38 bits per heavy atom. The summed E-state index contributed by atoms with van der Waals surface area (Å²) in [5, 5.41) is 10.4. The molecule has 1 aliphatic rings. The molecule has 0 aliphatic carbocycles. The Morgan fingerprint density at radius 1 is 1.42 bits per heavy atom. The highest BCUT2D eigenvalue weighted by atomic mass is 32.1. The van der Waals surface area contributed by atoms with Gasteiger partial charge in [-0.25, -0.2) is 4.98 Å². The molecule has 8 heteroatoms. The fraction of sp³-hybridized carbons (Fsp3) is 0.500. The van der Waals surface area contributed by atoms with Crippen molar-refractivity contribution in [2.45, 2.75) is 44.8 Å². The Bertz CT molecular complexity index is 753. The van der Waals surface area contributed by atoms with Crippen molar-refractivity contribution in [3.05, 3.63) is 36.1 Å². The van der Waals surface area contributed by atoms with Crippen molar-refractivity contribution in [3.63, 3.8) is 0 Å². The molecular weight excluding hydrogens is 324 g/mol. The van der Waals surface area contributed by atoms with Crippen molar-refractivity contribution < 1.29 is 4.52 Å². The Labute approximate surface area is 144 Å². The molecule has 0 aromatic carbocycles. The first-order chi connectivity index (χ1) is 11.8. The fourth-order valence-electron chi connectivity index (χ4n) is 3.32. The van der Waals surface area contributed by atoms with Crippen LogP contribution < -0.4 is 0 Å². The molecule has 24 heavy (non-hydrogen) atoms. The lowest BCUT2D eigenvalue weighted by molar-refractivity contribution is 0.0719. The van der Waals surface area contributed by atoms with E-state index in [2.05, 4.69) is 32.0 Å². The lowest BCUT2D eigenvalue weighted by Crippen LogP contribution is -2.43. The second kappa shape index (κ2) is 6.82. The zero-order valence-corrected chi connectivity index (χ0v) is 14.4. The molecule has 0 unspecified atom stereocenters. The summed E-state index contributed by atoms with van der Waals surface area (Å²) in [4.78, 5) is 12.1. The Balaban J connectivity index is 1.52. The molecule has 1 saturated heterocycles. The van der Waals surface area contributed by atoms with E-state index in [1.54, 1.807) is 24.0 Å². The molecule has 0 amide bonds. The van der Waals surface area contributed by atoms with Crippen molar-refractivity contribution >= 4 is 11.3 Å². The second-order valence-corrected chi connectivity index (χ2v) is 7.06.